The Bertz CT molecular complexity index is 1130. The van der Waals surface area contributed by atoms with Crippen molar-refractivity contribution in [1.29, 1.82) is 0 Å². The van der Waals surface area contributed by atoms with Gasteiger partial charge < -0.3 is 15.1 Å². The van der Waals surface area contributed by atoms with Gasteiger partial charge in [-0.1, -0.05) is 73.4 Å². The summed E-state index contributed by atoms with van der Waals surface area (Å²) >= 11 is 12.2. The molecule has 1 N–H and O–H groups in total. The number of halogens is 3. The topological polar surface area (TPSA) is 55.9 Å². The molecule has 0 aromatic heterocycles. The number of aryl methyl sites for hydroxylation is 1. The van der Waals surface area contributed by atoms with Crippen molar-refractivity contribution in [1.82, 2.24) is 20.0 Å². The van der Waals surface area contributed by atoms with E-state index in [4.69, 9.17) is 23.2 Å². The largest absolute Gasteiger partial charge is 0.350 e. The molecule has 9 heteroatoms. The monoisotopic (exact) mass is 608 g/mol. The molecule has 2 unspecified atom stereocenters. The third-order valence-electron chi connectivity index (χ3n) is 8.22. The summed E-state index contributed by atoms with van der Waals surface area (Å²) in [7, 11) is 4.19. The van der Waals surface area contributed by atoms with Crippen LogP contribution in [-0.2, 0) is 22.6 Å². The van der Waals surface area contributed by atoms with Crippen molar-refractivity contribution in [3.63, 3.8) is 0 Å². The Labute approximate surface area is 255 Å². The fourth-order valence-corrected chi connectivity index (χ4v) is 6.31. The van der Waals surface area contributed by atoms with Crippen molar-refractivity contribution in [3.05, 3.63) is 69.7 Å². The smallest absolute Gasteiger partial charge is 0.243 e. The number of carbonyl (C=O) groups excluding carboxylic acids is 2. The van der Waals surface area contributed by atoms with Crippen LogP contribution in [0.25, 0.3) is 0 Å². The van der Waals surface area contributed by atoms with Gasteiger partial charge in [-0.2, -0.15) is 0 Å². The number of nitrogens with one attached hydrogen (secondary N) is 1. The molecule has 0 aliphatic carbocycles. The van der Waals surface area contributed by atoms with Crippen LogP contribution in [0, 0.1) is 5.92 Å². The fraction of sp³-hybridized carbons (Fsp3) is 0.548. The van der Waals surface area contributed by atoms with Crippen LogP contribution in [0.2, 0.25) is 10.0 Å². The van der Waals surface area contributed by atoms with Gasteiger partial charge in [-0.25, -0.2) is 0 Å². The second kappa shape index (κ2) is 14.9. The van der Waals surface area contributed by atoms with Gasteiger partial charge >= 0.3 is 0 Å². The zero-order chi connectivity index (χ0) is 28.1. The Hall–Kier alpha value is -1.83. The number of hydrogen-bond acceptors (Lipinski definition) is 4. The molecular weight excluding hydrogens is 567 g/mol. The molecule has 2 amide bonds. The number of likely N-dealkylation sites (N-methyl/N-ethyl adjacent to an activating group) is 1. The van der Waals surface area contributed by atoms with E-state index in [9.17, 15) is 9.59 Å². The minimum Gasteiger partial charge on any atom is -0.350 e. The van der Waals surface area contributed by atoms with Crippen molar-refractivity contribution < 1.29 is 9.59 Å². The Balaban J connectivity index is 0.00000441. The molecule has 0 spiro atoms. The number of amides is 2. The predicted molar refractivity (Wildman–Crippen MR) is 166 cm³/mol. The maximum Gasteiger partial charge on any atom is 0.243 e. The summed E-state index contributed by atoms with van der Waals surface area (Å²) in [6, 6.07) is 15.9. The van der Waals surface area contributed by atoms with Crippen molar-refractivity contribution in [3.8, 4) is 0 Å². The minimum absolute atomic E-state index is 0. The molecule has 0 bridgehead atoms. The molecule has 0 saturated carbocycles. The lowest BCUT2D eigenvalue weighted by Gasteiger charge is -2.33. The van der Waals surface area contributed by atoms with Crippen molar-refractivity contribution in [2.75, 3.05) is 27.2 Å². The molecule has 2 aromatic rings. The van der Waals surface area contributed by atoms with Crippen LogP contribution in [0.1, 0.15) is 50.7 Å². The molecule has 2 aromatic carbocycles. The van der Waals surface area contributed by atoms with E-state index in [0.29, 0.717) is 41.6 Å². The number of benzene rings is 2. The van der Waals surface area contributed by atoms with Crippen molar-refractivity contribution in [2.24, 2.45) is 5.92 Å². The van der Waals surface area contributed by atoms with Gasteiger partial charge in [0.2, 0.25) is 11.8 Å². The van der Waals surface area contributed by atoms with Crippen molar-refractivity contribution in [2.45, 2.75) is 76.7 Å². The molecule has 4 rings (SSSR count). The molecular formula is C31H43Cl3N4O2. The van der Waals surface area contributed by atoms with Gasteiger partial charge in [0.05, 0.1) is 16.1 Å². The molecule has 4 atom stereocenters. The first-order chi connectivity index (χ1) is 18.6. The molecule has 220 valence electrons. The summed E-state index contributed by atoms with van der Waals surface area (Å²) < 4.78 is 0. The Morgan fingerprint density at radius 2 is 1.80 bits per heavy atom. The van der Waals surface area contributed by atoms with E-state index in [-0.39, 0.29) is 36.2 Å². The van der Waals surface area contributed by atoms with Crippen LogP contribution >= 0.6 is 35.6 Å². The summed E-state index contributed by atoms with van der Waals surface area (Å²) in [4.78, 5) is 34.3. The second-order valence-electron chi connectivity index (χ2n) is 11.7. The van der Waals surface area contributed by atoms with Crippen LogP contribution in [0.4, 0.5) is 0 Å². The number of carbonyl (C=O) groups is 2. The fourth-order valence-electron chi connectivity index (χ4n) is 5.99. The molecule has 2 heterocycles. The summed E-state index contributed by atoms with van der Waals surface area (Å²) in [5.41, 5.74) is 2.20. The molecule has 2 saturated heterocycles. The van der Waals surface area contributed by atoms with Crippen LogP contribution in [0.5, 0.6) is 0 Å². The average Bonchev–Trinajstić information content (AvgIpc) is 3.31. The number of fused-ring (bicyclic) bond motifs is 1. The lowest BCUT2D eigenvalue weighted by molar-refractivity contribution is -0.143. The summed E-state index contributed by atoms with van der Waals surface area (Å²) in [5.74, 6) is 0.251. The number of rotatable bonds is 10. The molecule has 0 radical (unpaired) electrons. The highest BCUT2D eigenvalue weighted by Crippen LogP contribution is 2.32. The first-order valence-corrected chi connectivity index (χ1v) is 14.9. The predicted octanol–water partition coefficient (Wildman–Crippen LogP) is 5.68. The number of nitrogens with zero attached hydrogens (tertiary/aromatic N) is 3. The Morgan fingerprint density at radius 3 is 2.45 bits per heavy atom. The first-order valence-electron chi connectivity index (χ1n) is 14.1. The Kier molecular flexibility index (Phi) is 12.2. The highest BCUT2D eigenvalue weighted by molar-refractivity contribution is 6.42. The van der Waals surface area contributed by atoms with E-state index in [1.54, 1.807) is 12.1 Å². The first kappa shape index (κ1) is 32.7. The molecule has 6 nitrogen and oxygen atoms in total. The standard InChI is InChI=1S/C31H42Cl2N4O2.ClH/c1-21(2)16-28(30(38)34-19-23-11-13-26(32)27(33)17-23)36-15-14-24(12-10-22-8-6-5-7-9-22)37-20-25(35(3)4)18-29(37)31(36)39;/h5-9,11,13,17,21,24-25,28-29H,10,12,14-16,18-20H2,1-4H3,(H,34,38);1H/t24?,25-,28?,29+;/m1./s1. The van der Waals surface area contributed by atoms with Crippen molar-refractivity contribution >= 4 is 47.4 Å². The quantitative estimate of drug-likeness (QED) is 0.376. The second-order valence-corrected chi connectivity index (χ2v) is 12.5. The Morgan fingerprint density at radius 1 is 1.07 bits per heavy atom. The minimum atomic E-state index is -0.506. The van der Waals surface area contributed by atoms with Gasteiger partial charge in [0.15, 0.2) is 0 Å². The van der Waals surface area contributed by atoms with Crippen LogP contribution < -0.4 is 5.32 Å². The molecule has 2 aliphatic rings. The maximum absolute atomic E-state index is 14.2. The van der Waals surface area contributed by atoms with E-state index in [2.05, 4.69) is 67.3 Å². The van der Waals surface area contributed by atoms with Gasteiger partial charge in [0.1, 0.15) is 6.04 Å². The van der Waals surface area contributed by atoms with E-state index in [1.165, 1.54) is 5.56 Å². The van der Waals surface area contributed by atoms with Gasteiger partial charge in [-0.05, 0) is 75.4 Å². The average molecular weight is 610 g/mol. The maximum atomic E-state index is 14.2. The third-order valence-corrected chi connectivity index (χ3v) is 8.96. The lowest BCUT2D eigenvalue weighted by Crippen LogP contribution is -2.53. The molecule has 2 fully saturated rings. The van der Waals surface area contributed by atoms with E-state index in [1.807, 2.05) is 17.0 Å². The van der Waals surface area contributed by atoms with E-state index < -0.39 is 6.04 Å². The SMILES string of the molecule is CC(C)CC(C(=O)NCc1ccc(Cl)c(Cl)c1)N1CCC(CCc2ccccc2)N2C[C@H](N(C)C)C[C@H]2C1=O.Cl. The van der Waals surface area contributed by atoms with E-state index in [0.717, 1.165) is 37.8 Å². The number of hydrogen-bond donors (Lipinski definition) is 1. The van der Waals surface area contributed by atoms with Crippen LogP contribution in [-0.4, -0.2) is 77.9 Å². The van der Waals surface area contributed by atoms with Gasteiger partial charge in [0.25, 0.3) is 0 Å². The van der Waals surface area contributed by atoms with Gasteiger partial charge in [-0.15, -0.1) is 12.4 Å². The third kappa shape index (κ3) is 8.13. The summed E-state index contributed by atoms with van der Waals surface area (Å²) in [6.07, 6.45) is 4.26. The normalized spacial score (nSPS) is 22.1. The summed E-state index contributed by atoms with van der Waals surface area (Å²) in [6.45, 7) is 6.02. The van der Waals surface area contributed by atoms with Gasteiger partial charge in [0, 0.05) is 31.7 Å². The van der Waals surface area contributed by atoms with Gasteiger partial charge in [-0.3, -0.25) is 14.5 Å². The molecule has 2 aliphatic heterocycles. The highest BCUT2D eigenvalue weighted by Gasteiger charge is 2.46. The highest BCUT2D eigenvalue weighted by atomic mass is 35.5. The van der Waals surface area contributed by atoms with Crippen LogP contribution in [0.15, 0.2) is 48.5 Å². The molecule has 40 heavy (non-hydrogen) atoms. The lowest BCUT2D eigenvalue weighted by atomic mass is 9.99. The zero-order valence-corrected chi connectivity index (χ0v) is 26.3. The van der Waals surface area contributed by atoms with E-state index >= 15 is 0 Å². The zero-order valence-electron chi connectivity index (χ0n) is 24.0. The summed E-state index contributed by atoms with van der Waals surface area (Å²) in [5, 5.41) is 4.02. The van der Waals surface area contributed by atoms with Crippen LogP contribution in [0.3, 0.4) is 0 Å².